The summed E-state index contributed by atoms with van der Waals surface area (Å²) < 4.78 is 27.3. The maximum atomic E-state index is 13.3. The summed E-state index contributed by atoms with van der Waals surface area (Å²) in [7, 11) is 0. The molecule has 0 saturated carbocycles. The SMILES string of the molecule is Fc1cccc(CNc2ccc(Br)cc2)c1F. The molecule has 0 unspecified atom stereocenters. The van der Waals surface area contributed by atoms with Crippen LogP contribution in [-0.2, 0) is 6.54 Å². The Hall–Kier alpha value is -1.42. The molecule has 17 heavy (non-hydrogen) atoms. The molecule has 0 amide bonds. The van der Waals surface area contributed by atoms with E-state index < -0.39 is 11.6 Å². The van der Waals surface area contributed by atoms with E-state index in [2.05, 4.69) is 21.2 Å². The lowest BCUT2D eigenvalue weighted by molar-refractivity contribution is 0.500. The number of benzene rings is 2. The van der Waals surface area contributed by atoms with Crippen molar-refractivity contribution in [3.63, 3.8) is 0 Å². The molecule has 2 aromatic rings. The average Bonchev–Trinajstić information content (AvgIpc) is 2.33. The molecule has 0 aliphatic carbocycles. The molecule has 0 radical (unpaired) electrons. The Balaban J connectivity index is 2.07. The molecule has 0 aromatic heterocycles. The van der Waals surface area contributed by atoms with Crippen molar-refractivity contribution in [2.45, 2.75) is 6.54 Å². The molecule has 0 spiro atoms. The van der Waals surface area contributed by atoms with E-state index in [4.69, 9.17) is 0 Å². The molecule has 0 heterocycles. The Kier molecular flexibility index (Phi) is 3.74. The maximum absolute atomic E-state index is 13.3. The lowest BCUT2D eigenvalue weighted by atomic mass is 10.2. The molecule has 1 N–H and O–H groups in total. The monoisotopic (exact) mass is 297 g/mol. The van der Waals surface area contributed by atoms with Gasteiger partial charge in [-0.15, -0.1) is 0 Å². The van der Waals surface area contributed by atoms with Crippen molar-refractivity contribution in [2.24, 2.45) is 0 Å². The number of rotatable bonds is 3. The fraction of sp³-hybridized carbons (Fsp3) is 0.0769. The lowest BCUT2D eigenvalue weighted by Gasteiger charge is -2.07. The number of nitrogens with one attached hydrogen (secondary N) is 1. The number of hydrogen-bond donors (Lipinski definition) is 1. The summed E-state index contributed by atoms with van der Waals surface area (Å²) in [6, 6.07) is 11.6. The molecular weight excluding hydrogens is 288 g/mol. The van der Waals surface area contributed by atoms with Crippen LogP contribution in [0.3, 0.4) is 0 Å². The number of hydrogen-bond acceptors (Lipinski definition) is 1. The van der Waals surface area contributed by atoms with Crippen LogP contribution in [0.4, 0.5) is 14.5 Å². The van der Waals surface area contributed by atoms with Gasteiger partial charge in [0.05, 0.1) is 0 Å². The van der Waals surface area contributed by atoms with Crippen LogP contribution < -0.4 is 5.32 Å². The van der Waals surface area contributed by atoms with Crippen LogP contribution in [0.2, 0.25) is 0 Å². The molecule has 0 aliphatic rings. The zero-order valence-electron chi connectivity index (χ0n) is 8.88. The first-order valence-corrected chi connectivity index (χ1v) is 5.88. The van der Waals surface area contributed by atoms with E-state index in [1.807, 2.05) is 24.3 Å². The van der Waals surface area contributed by atoms with E-state index in [1.165, 1.54) is 6.07 Å². The van der Waals surface area contributed by atoms with Crippen LogP contribution in [0.15, 0.2) is 46.9 Å². The first-order valence-electron chi connectivity index (χ1n) is 5.09. The Morgan fingerprint density at radius 2 is 1.71 bits per heavy atom. The Morgan fingerprint density at radius 3 is 2.41 bits per heavy atom. The summed E-state index contributed by atoms with van der Waals surface area (Å²) in [6.07, 6.45) is 0. The summed E-state index contributed by atoms with van der Waals surface area (Å²) in [4.78, 5) is 0. The quantitative estimate of drug-likeness (QED) is 0.889. The molecule has 0 fully saturated rings. The van der Waals surface area contributed by atoms with Gasteiger partial charge < -0.3 is 5.32 Å². The minimum Gasteiger partial charge on any atom is -0.381 e. The Labute approximate surface area is 107 Å². The smallest absolute Gasteiger partial charge is 0.163 e. The van der Waals surface area contributed by atoms with Gasteiger partial charge in [-0.1, -0.05) is 28.1 Å². The first-order chi connectivity index (χ1) is 8.16. The van der Waals surface area contributed by atoms with Crippen molar-refractivity contribution in [1.82, 2.24) is 0 Å². The third kappa shape index (κ3) is 3.03. The van der Waals surface area contributed by atoms with E-state index in [1.54, 1.807) is 6.07 Å². The van der Waals surface area contributed by atoms with E-state index in [0.29, 0.717) is 5.56 Å². The van der Waals surface area contributed by atoms with Crippen LogP contribution >= 0.6 is 15.9 Å². The average molecular weight is 298 g/mol. The number of halogens is 3. The summed E-state index contributed by atoms with van der Waals surface area (Å²) in [6.45, 7) is 0.255. The molecule has 1 nitrogen and oxygen atoms in total. The highest BCUT2D eigenvalue weighted by atomic mass is 79.9. The van der Waals surface area contributed by atoms with Gasteiger partial charge >= 0.3 is 0 Å². The molecular formula is C13H10BrF2N. The summed E-state index contributed by atoms with van der Waals surface area (Å²) in [5, 5.41) is 3.03. The van der Waals surface area contributed by atoms with Crippen LogP contribution in [0.1, 0.15) is 5.56 Å². The standard InChI is InChI=1S/C13H10BrF2N/c14-10-4-6-11(7-5-10)17-8-9-2-1-3-12(15)13(9)16/h1-7,17H,8H2. The molecule has 0 saturated heterocycles. The van der Waals surface area contributed by atoms with Gasteiger partial charge in [0.2, 0.25) is 0 Å². The van der Waals surface area contributed by atoms with Crippen molar-refractivity contribution >= 4 is 21.6 Å². The zero-order chi connectivity index (χ0) is 12.3. The molecule has 0 aliphatic heterocycles. The van der Waals surface area contributed by atoms with E-state index in [0.717, 1.165) is 16.2 Å². The van der Waals surface area contributed by atoms with Crippen LogP contribution in [0, 0.1) is 11.6 Å². The maximum Gasteiger partial charge on any atom is 0.163 e. The Bertz CT molecular complexity index is 511. The largest absolute Gasteiger partial charge is 0.381 e. The molecule has 2 aromatic carbocycles. The van der Waals surface area contributed by atoms with Gasteiger partial charge in [-0.3, -0.25) is 0 Å². The molecule has 2 rings (SSSR count). The fourth-order valence-corrected chi connectivity index (χ4v) is 1.71. The van der Waals surface area contributed by atoms with Crippen LogP contribution in [0.5, 0.6) is 0 Å². The van der Waals surface area contributed by atoms with Crippen LogP contribution in [-0.4, -0.2) is 0 Å². The fourth-order valence-electron chi connectivity index (χ4n) is 1.45. The highest BCUT2D eigenvalue weighted by Crippen LogP contribution is 2.16. The number of anilines is 1. The third-order valence-corrected chi connectivity index (χ3v) is 2.89. The second-order valence-electron chi connectivity index (χ2n) is 3.57. The summed E-state index contributed by atoms with van der Waals surface area (Å²) in [5.74, 6) is -1.61. The summed E-state index contributed by atoms with van der Waals surface area (Å²) >= 11 is 3.33. The minimum absolute atomic E-state index is 0.255. The molecule has 0 bridgehead atoms. The molecule has 0 atom stereocenters. The lowest BCUT2D eigenvalue weighted by Crippen LogP contribution is -2.02. The van der Waals surface area contributed by atoms with Crippen molar-refractivity contribution in [3.8, 4) is 0 Å². The van der Waals surface area contributed by atoms with Crippen LogP contribution in [0.25, 0.3) is 0 Å². The van der Waals surface area contributed by atoms with Gasteiger partial charge in [0.15, 0.2) is 11.6 Å². The van der Waals surface area contributed by atoms with Gasteiger partial charge in [-0.05, 0) is 30.3 Å². The highest BCUT2D eigenvalue weighted by molar-refractivity contribution is 9.10. The zero-order valence-corrected chi connectivity index (χ0v) is 10.5. The van der Waals surface area contributed by atoms with Crippen molar-refractivity contribution in [2.75, 3.05) is 5.32 Å². The van der Waals surface area contributed by atoms with E-state index in [9.17, 15) is 8.78 Å². The second kappa shape index (κ2) is 5.27. The van der Waals surface area contributed by atoms with Gasteiger partial charge in [0, 0.05) is 22.3 Å². The predicted octanol–water partition coefficient (Wildman–Crippen LogP) is 4.34. The van der Waals surface area contributed by atoms with Gasteiger partial charge in [0.25, 0.3) is 0 Å². The third-order valence-electron chi connectivity index (χ3n) is 2.36. The van der Waals surface area contributed by atoms with Crippen molar-refractivity contribution < 1.29 is 8.78 Å². The van der Waals surface area contributed by atoms with Crippen molar-refractivity contribution in [1.29, 1.82) is 0 Å². The molecule has 88 valence electrons. The normalized spacial score (nSPS) is 10.3. The first kappa shape index (κ1) is 12.0. The van der Waals surface area contributed by atoms with Gasteiger partial charge in [0.1, 0.15) is 0 Å². The highest BCUT2D eigenvalue weighted by Gasteiger charge is 2.06. The van der Waals surface area contributed by atoms with Gasteiger partial charge in [-0.25, -0.2) is 8.78 Å². The van der Waals surface area contributed by atoms with Gasteiger partial charge in [-0.2, -0.15) is 0 Å². The second-order valence-corrected chi connectivity index (χ2v) is 4.49. The van der Waals surface area contributed by atoms with E-state index >= 15 is 0 Å². The summed E-state index contributed by atoms with van der Waals surface area (Å²) in [5.41, 5.74) is 1.17. The topological polar surface area (TPSA) is 12.0 Å². The Morgan fingerprint density at radius 1 is 1.00 bits per heavy atom. The minimum atomic E-state index is -0.819. The van der Waals surface area contributed by atoms with Crippen molar-refractivity contribution in [3.05, 3.63) is 64.1 Å². The van der Waals surface area contributed by atoms with E-state index in [-0.39, 0.29) is 6.54 Å². The predicted molar refractivity (Wildman–Crippen MR) is 67.8 cm³/mol. The molecule has 4 heteroatoms.